The predicted molar refractivity (Wildman–Crippen MR) is 181 cm³/mol. The van der Waals surface area contributed by atoms with Gasteiger partial charge in [0.05, 0.1) is 33.6 Å². The summed E-state index contributed by atoms with van der Waals surface area (Å²) >= 11 is 1.23. The molecule has 0 saturated heterocycles. The molecule has 0 aliphatic rings. The summed E-state index contributed by atoms with van der Waals surface area (Å²) in [4.78, 5) is 30.6. The van der Waals surface area contributed by atoms with Gasteiger partial charge in [0.2, 0.25) is 0 Å². The molecule has 2 aromatic carbocycles. The normalized spacial score (nSPS) is 13.6. The van der Waals surface area contributed by atoms with Crippen LogP contribution in [0.3, 0.4) is 0 Å². The van der Waals surface area contributed by atoms with E-state index in [0.29, 0.717) is 22.1 Å². The number of anilines is 1. The molecular weight excluding hydrogens is 653 g/mol. The van der Waals surface area contributed by atoms with Gasteiger partial charge >= 0.3 is 6.18 Å². The highest BCUT2D eigenvalue weighted by atomic mass is 32.1. The third-order valence-electron chi connectivity index (χ3n) is 7.46. The Labute approximate surface area is 283 Å². The summed E-state index contributed by atoms with van der Waals surface area (Å²) in [5, 5.41) is 5.58. The van der Waals surface area contributed by atoms with Gasteiger partial charge in [-0.15, -0.1) is 11.3 Å². The van der Waals surface area contributed by atoms with Crippen molar-refractivity contribution >= 4 is 39.1 Å². The average molecular weight is 700 g/mol. The third-order valence-corrected chi connectivity index (χ3v) is 8.47. The van der Waals surface area contributed by atoms with E-state index >= 15 is 0 Å². The average Bonchev–Trinajstić information content (AvgIpc) is 3.35. The second-order valence-corrected chi connectivity index (χ2v) is 13.4. The quantitative estimate of drug-likeness (QED) is 0.129. The Morgan fingerprint density at radius 3 is 2.25 bits per heavy atom. The second kappa shape index (κ2) is 17.7. The number of benzene rings is 2. The Kier molecular flexibility index (Phi) is 15.0. The SMILES string of the molecule is C=C(CC(C)NC(=O)c1ccc(C(C)(F)F)cc1NC(=O)c1c(OC)ccc2nc(C)sc12)C(F)(F)F.CCCC(C)CC(C)COC. The summed E-state index contributed by atoms with van der Waals surface area (Å²) in [5.74, 6) is -3.10. The lowest BCUT2D eigenvalue weighted by Crippen LogP contribution is -2.34. The van der Waals surface area contributed by atoms with Crippen LogP contribution in [-0.4, -0.2) is 49.8 Å². The minimum Gasteiger partial charge on any atom is -0.496 e. The summed E-state index contributed by atoms with van der Waals surface area (Å²) < 4.78 is 77.5. The Morgan fingerprint density at radius 1 is 1.02 bits per heavy atom. The highest BCUT2D eigenvalue weighted by Crippen LogP contribution is 2.35. The first-order valence-corrected chi connectivity index (χ1v) is 16.5. The van der Waals surface area contributed by atoms with Crippen LogP contribution in [-0.2, 0) is 10.7 Å². The molecule has 0 radical (unpaired) electrons. The largest absolute Gasteiger partial charge is 0.496 e. The molecule has 1 heterocycles. The number of aryl methyl sites for hydroxylation is 1. The first-order chi connectivity index (χ1) is 22.3. The monoisotopic (exact) mass is 699 g/mol. The molecule has 3 atom stereocenters. The Hall–Kier alpha value is -3.58. The van der Waals surface area contributed by atoms with Crippen LogP contribution in [0.5, 0.6) is 5.75 Å². The van der Waals surface area contributed by atoms with E-state index in [1.54, 1.807) is 20.1 Å². The van der Waals surface area contributed by atoms with Crippen molar-refractivity contribution < 1.29 is 41.0 Å². The highest BCUT2D eigenvalue weighted by Gasteiger charge is 2.33. The molecule has 3 unspecified atom stereocenters. The zero-order chi connectivity index (χ0) is 36.4. The minimum absolute atomic E-state index is 0.0977. The van der Waals surface area contributed by atoms with Crippen molar-refractivity contribution in [2.75, 3.05) is 26.1 Å². The van der Waals surface area contributed by atoms with Gasteiger partial charge in [0, 0.05) is 37.8 Å². The van der Waals surface area contributed by atoms with Gasteiger partial charge in [-0.25, -0.2) is 13.8 Å². The number of thiazole rings is 1. The van der Waals surface area contributed by atoms with E-state index in [1.807, 2.05) is 0 Å². The maximum absolute atomic E-state index is 14.1. The molecule has 1 aromatic heterocycles. The van der Waals surface area contributed by atoms with Crippen molar-refractivity contribution in [2.24, 2.45) is 11.8 Å². The number of hydrogen-bond donors (Lipinski definition) is 2. The lowest BCUT2D eigenvalue weighted by atomic mass is 9.94. The standard InChI is InChI=1S/C25H24F5N3O3S.C10H22O/c1-12(25(28,29)30)10-13(2)31-22(34)16-7-6-15(24(4,26)27)11-18(16)33-23(35)20-19(36-5)9-8-17-21(20)37-14(3)32-17;1-5-6-9(2)7-10(3)8-11-4/h6-9,11,13H,1,10H2,2-5H3,(H,31,34)(H,33,35);9-10H,5-8H2,1-4H3. The van der Waals surface area contributed by atoms with Gasteiger partial charge in [-0.1, -0.05) is 46.3 Å². The number of nitrogens with zero attached hydrogens (tertiary/aromatic N) is 1. The van der Waals surface area contributed by atoms with Crippen molar-refractivity contribution in [1.82, 2.24) is 10.3 Å². The van der Waals surface area contributed by atoms with Crippen molar-refractivity contribution in [3.63, 3.8) is 0 Å². The van der Waals surface area contributed by atoms with Crippen molar-refractivity contribution in [1.29, 1.82) is 0 Å². The molecule has 13 heteroatoms. The van der Waals surface area contributed by atoms with E-state index in [0.717, 1.165) is 36.6 Å². The molecule has 2 amide bonds. The summed E-state index contributed by atoms with van der Waals surface area (Å²) in [6, 6.07) is 5.27. The fourth-order valence-corrected chi connectivity index (χ4v) is 6.21. The minimum atomic E-state index is -4.62. The molecule has 0 aliphatic carbocycles. The number of nitrogens with one attached hydrogen (secondary N) is 2. The molecule has 0 aliphatic heterocycles. The molecule has 0 fully saturated rings. The van der Waals surface area contributed by atoms with Gasteiger partial charge in [-0.2, -0.15) is 13.2 Å². The Morgan fingerprint density at radius 2 is 1.69 bits per heavy atom. The number of carbonyl (C=O) groups is 2. The number of hydrogen-bond acceptors (Lipinski definition) is 6. The fraction of sp³-hybridized carbons (Fsp3) is 0.514. The molecule has 266 valence electrons. The summed E-state index contributed by atoms with van der Waals surface area (Å²) in [7, 11) is 3.14. The maximum atomic E-state index is 14.1. The van der Waals surface area contributed by atoms with Crippen LogP contribution in [0.2, 0.25) is 0 Å². The van der Waals surface area contributed by atoms with E-state index in [-0.39, 0.29) is 22.6 Å². The molecule has 0 spiro atoms. The van der Waals surface area contributed by atoms with Gasteiger partial charge in [-0.3, -0.25) is 9.59 Å². The van der Waals surface area contributed by atoms with Crippen LogP contribution < -0.4 is 15.4 Å². The van der Waals surface area contributed by atoms with Gasteiger partial charge < -0.3 is 20.1 Å². The van der Waals surface area contributed by atoms with E-state index in [2.05, 4.69) is 43.0 Å². The van der Waals surface area contributed by atoms with Crippen molar-refractivity contribution in [3.8, 4) is 5.75 Å². The van der Waals surface area contributed by atoms with Gasteiger partial charge in [0.15, 0.2) is 0 Å². The van der Waals surface area contributed by atoms with Crippen molar-refractivity contribution in [2.45, 2.75) is 85.4 Å². The molecule has 3 rings (SSSR count). The van der Waals surface area contributed by atoms with E-state index in [9.17, 15) is 31.5 Å². The highest BCUT2D eigenvalue weighted by molar-refractivity contribution is 7.19. The van der Waals surface area contributed by atoms with Crippen LogP contribution in [0.15, 0.2) is 42.5 Å². The van der Waals surface area contributed by atoms with Crippen LogP contribution in [0, 0.1) is 18.8 Å². The number of amides is 2. The van der Waals surface area contributed by atoms with Gasteiger partial charge in [-0.05, 0) is 62.8 Å². The molecule has 48 heavy (non-hydrogen) atoms. The molecule has 2 N–H and O–H groups in total. The lowest BCUT2D eigenvalue weighted by Gasteiger charge is -2.20. The number of rotatable bonds is 14. The number of methoxy groups -OCH3 is 2. The molecule has 0 saturated carbocycles. The first-order valence-electron chi connectivity index (χ1n) is 15.6. The molecular formula is C35H46F5N3O4S. The number of ether oxygens (including phenoxy) is 2. The molecule has 3 aromatic rings. The lowest BCUT2D eigenvalue weighted by molar-refractivity contribution is -0.0942. The van der Waals surface area contributed by atoms with Gasteiger partial charge in [0.25, 0.3) is 17.7 Å². The zero-order valence-corrected chi connectivity index (χ0v) is 29.6. The molecule has 7 nitrogen and oxygen atoms in total. The third kappa shape index (κ3) is 11.8. The number of fused-ring (bicyclic) bond motifs is 1. The van der Waals surface area contributed by atoms with Gasteiger partial charge in [0.1, 0.15) is 11.3 Å². The van der Waals surface area contributed by atoms with Crippen LogP contribution in [0.4, 0.5) is 27.6 Å². The second-order valence-electron chi connectivity index (χ2n) is 12.2. The Bertz CT molecular complexity index is 1540. The number of carbonyl (C=O) groups excluding carboxylic acids is 2. The molecule has 0 bridgehead atoms. The summed E-state index contributed by atoms with van der Waals surface area (Å²) in [6.45, 7) is 14.5. The smallest absolute Gasteiger partial charge is 0.412 e. The Balaban J connectivity index is 0.000000623. The van der Waals surface area contributed by atoms with Crippen LogP contribution in [0.1, 0.15) is 91.6 Å². The fourth-order valence-electron chi connectivity index (χ4n) is 5.26. The maximum Gasteiger partial charge on any atom is 0.412 e. The van der Waals surface area contributed by atoms with E-state index in [1.165, 1.54) is 50.7 Å². The first kappa shape index (κ1) is 40.6. The number of halogens is 5. The predicted octanol–water partition coefficient (Wildman–Crippen LogP) is 9.70. The summed E-state index contributed by atoms with van der Waals surface area (Å²) in [5.41, 5.74) is -1.34. The van der Waals surface area contributed by atoms with E-state index < -0.39 is 47.5 Å². The topological polar surface area (TPSA) is 89.6 Å². The van der Waals surface area contributed by atoms with Crippen molar-refractivity contribution in [3.05, 3.63) is 64.2 Å². The number of alkyl halides is 5. The number of aromatic nitrogens is 1. The zero-order valence-electron chi connectivity index (χ0n) is 28.7. The van der Waals surface area contributed by atoms with Crippen LogP contribution >= 0.6 is 11.3 Å². The van der Waals surface area contributed by atoms with E-state index in [4.69, 9.17) is 9.47 Å². The summed E-state index contributed by atoms with van der Waals surface area (Å²) in [6.07, 6.45) is -1.23. The van der Waals surface area contributed by atoms with Crippen LogP contribution in [0.25, 0.3) is 10.2 Å².